The molecule has 2 heterocycles. The van der Waals surface area contributed by atoms with Crippen LogP contribution in [0.4, 0.5) is 23.1 Å². The molecule has 2 aromatic rings. The molecule has 0 radical (unpaired) electrons. The minimum atomic E-state index is -1.29. The Balaban J connectivity index is 1.48. The van der Waals surface area contributed by atoms with Gasteiger partial charge in [0.15, 0.2) is 5.82 Å². The van der Waals surface area contributed by atoms with Crippen LogP contribution in [0.25, 0.3) is 0 Å². The zero-order valence-corrected chi connectivity index (χ0v) is 17.6. The number of aromatic amines is 1. The van der Waals surface area contributed by atoms with E-state index in [1.54, 1.807) is 24.3 Å². The normalized spacial score (nSPS) is 15.3. The van der Waals surface area contributed by atoms with E-state index in [-0.39, 0.29) is 36.0 Å². The second-order valence-electron chi connectivity index (χ2n) is 7.49. The van der Waals surface area contributed by atoms with Crippen molar-refractivity contribution in [2.45, 2.75) is 31.3 Å². The fraction of sp³-hybridized carbons (Fsp3) is 0.350. The number of nitrogens with one attached hydrogen (secondary N) is 5. The van der Waals surface area contributed by atoms with Crippen molar-refractivity contribution in [2.24, 2.45) is 0 Å². The molecule has 13 heteroatoms. The lowest BCUT2D eigenvalue weighted by atomic mass is 10.1. The number of nitrogen functional groups attached to an aromatic ring is 1. The lowest BCUT2D eigenvalue weighted by molar-refractivity contribution is -0.140. The van der Waals surface area contributed by atoms with E-state index in [9.17, 15) is 19.2 Å². The molecule has 176 valence electrons. The van der Waals surface area contributed by atoms with Gasteiger partial charge in [-0.15, -0.1) is 0 Å². The van der Waals surface area contributed by atoms with Crippen LogP contribution in [0.5, 0.6) is 0 Å². The van der Waals surface area contributed by atoms with Gasteiger partial charge >= 0.3 is 11.9 Å². The summed E-state index contributed by atoms with van der Waals surface area (Å²) in [7, 11) is 0. The second kappa shape index (κ2) is 10.3. The standard InChI is InChI=1S/C20H25N7O6/c21-20-26-16-15(18(31)27-20)24-12(9-23-16)7-8-22-11-3-1-10(2-4-11)17(30)25-13(19(32)33)5-6-14(28)29/h1-4,12-13,22,24H,5-9H2,(H,25,30)(H,28,29)(H,32,33)(H4,21,23,26,27,31)/t12-,13+/m0/s1. The number of nitrogens with two attached hydrogens (primary N) is 1. The first kappa shape index (κ1) is 23.4. The quantitative estimate of drug-likeness (QED) is 0.239. The number of nitrogens with zero attached hydrogens (tertiary/aromatic N) is 1. The summed E-state index contributed by atoms with van der Waals surface area (Å²) >= 11 is 0. The molecular formula is C20H25N7O6. The van der Waals surface area contributed by atoms with Crippen LogP contribution >= 0.6 is 0 Å². The number of carboxylic acids is 2. The molecule has 0 saturated carbocycles. The number of rotatable bonds is 10. The summed E-state index contributed by atoms with van der Waals surface area (Å²) < 4.78 is 0. The van der Waals surface area contributed by atoms with E-state index in [4.69, 9.17) is 15.9 Å². The number of aliphatic carboxylic acids is 2. The molecule has 1 aliphatic rings. The largest absolute Gasteiger partial charge is 0.481 e. The molecule has 0 fully saturated rings. The number of carboxylic acid groups (broad SMARTS) is 2. The summed E-state index contributed by atoms with van der Waals surface area (Å²) in [6.07, 6.45) is 0.109. The highest BCUT2D eigenvalue weighted by Gasteiger charge is 2.22. The number of carbonyl (C=O) groups is 3. The van der Waals surface area contributed by atoms with Gasteiger partial charge in [-0.2, -0.15) is 4.98 Å². The van der Waals surface area contributed by atoms with Gasteiger partial charge in [0.1, 0.15) is 11.7 Å². The van der Waals surface area contributed by atoms with Crippen LogP contribution in [0, 0.1) is 0 Å². The predicted molar refractivity (Wildman–Crippen MR) is 120 cm³/mol. The number of hydrogen-bond donors (Lipinski definition) is 8. The van der Waals surface area contributed by atoms with Gasteiger partial charge in [-0.25, -0.2) is 4.79 Å². The summed E-state index contributed by atoms with van der Waals surface area (Å²) in [6, 6.07) is 5.15. The number of fused-ring (bicyclic) bond motifs is 1. The SMILES string of the molecule is Nc1nc2c(c(=O)[nH]1)N[C@@H](CCNc1ccc(C(=O)N[C@H](CCC(=O)O)C(=O)O)cc1)CN2. The number of amides is 1. The van der Waals surface area contributed by atoms with E-state index in [2.05, 4.69) is 31.2 Å². The monoisotopic (exact) mass is 459 g/mol. The van der Waals surface area contributed by atoms with Crippen LogP contribution < -0.4 is 32.6 Å². The number of hydrogen-bond acceptors (Lipinski definition) is 9. The fourth-order valence-corrected chi connectivity index (χ4v) is 3.30. The van der Waals surface area contributed by atoms with Gasteiger partial charge in [0, 0.05) is 36.8 Å². The highest BCUT2D eigenvalue weighted by atomic mass is 16.4. The van der Waals surface area contributed by atoms with Gasteiger partial charge in [-0.05, 0) is 37.1 Å². The van der Waals surface area contributed by atoms with E-state index < -0.39 is 23.9 Å². The molecule has 0 spiro atoms. The van der Waals surface area contributed by atoms with Crippen molar-refractivity contribution in [1.29, 1.82) is 0 Å². The third-order valence-electron chi connectivity index (χ3n) is 5.02. The number of carbonyl (C=O) groups excluding carboxylic acids is 1. The van der Waals surface area contributed by atoms with E-state index >= 15 is 0 Å². The molecule has 9 N–H and O–H groups in total. The van der Waals surface area contributed by atoms with Crippen LogP contribution in [-0.2, 0) is 9.59 Å². The van der Waals surface area contributed by atoms with E-state index in [0.29, 0.717) is 31.0 Å². The number of benzene rings is 1. The van der Waals surface area contributed by atoms with Crippen LogP contribution in [0.1, 0.15) is 29.6 Å². The van der Waals surface area contributed by atoms with Crippen molar-refractivity contribution in [1.82, 2.24) is 15.3 Å². The van der Waals surface area contributed by atoms with Gasteiger partial charge in [-0.1, -0.05) is 0 Å². The number of H-pyrrole nitrogens is 1. The fourth-order valence-electron chi connectivity index (χ4n) is 3.30. The molecule has 3 rings (SSSR count). The van der Waals surface area contributed by atoms with E-state index in [0.717, 1.165) is 5.69 Å². The van der Waals surface area contributed by atoms with Crippen LogP contribution in [0.2, 0.25) is 0 Å². The molecule has 0 aliphatic carbocycles. The van der Waals surface area contributed by atoms with Crippen molar-refractivity contribution in [3.63, 3.8) is 0 Å². The molecule has 33 heavy (non-hydrogen) atoms. The average Bonchev–Trinajstić information content (AvgIpc) is 2.77. The van der Waals surface area contributed by atoms with Crippen molar-refractivity contribution < 1.29 is 24.6 Å². The van der Waals surface area contributed by atoms with Crippen molar-refractivity contribution in [3.8, 4) is 0 Å². The first-order valence-electron chi connectivity index (χ1n) is 10.2. The minimum Gasteiger partial charge on any atom is -0.481 e. The first-order chi connectivity index (χ1) is 15.7. The Hall–Kier alpha value is -4.29. The molecule has 0 bridgehead atoms. The Morgan fingerprint density at radius 1 is 1.21 bits per heavy atom. The second-order valence-corrected chi connectivity index (χ2v) is 7.49. The summed E-state index contributed by atoms with van der Waals surface area (Å²) in [5.41, 5.74) is 6.54. The molecule has 1 aromatic heterocycles. The van der Waals surface area contributed by atoms with E-state index in [1.807, 2.05) is 0 Å². The Morgan fingerprint density at radius 2 is 1.94 bits per heavy atom. The van der Waals surface area contributed by atoms with Gasteiger partial charge in [0.2, 0.25) is 5.95 Å². The summed E-state index contributed by atoms with van der Waals surface area (Å²) in [4.78, 5) is 52.7. The summed E-state index contributed by atoms with van der Waals surface area (Å²) in [5, 5.41) is 29.6. The Morgan fingerprint density at radius 3 is 2.61 bits per heavy atom. The van der Waals surface area contributed by atoms with Gasteiger partial charge in [0.25, 0.3) is 11.5 Å². The van der Waals surface area contributed by atoms with E-state index in [1.165, 1.54) is 0 Å². The molecule has 13 nitrogen and oxygen atoms in total. The van der Waals surface area contributed by atoms with Gasteiger partial charge < -0.3 is 37.2 Å². The molecule has 0 saturated heterocycles. The lowest BCUT2D eigenvalue weighted by Crippen LogP contribution is -2.41. The number of anilines is 4. The number of aromatic nitrogens is 2. The molecular weight excluding hydrogens is 434 g/mol. The third kappa shape index (κ3) is 6.35. The molecule has 1 aromatic carbocycles. The third-order valence-corrected chi connectivity index (χ3v) is 5.02. The highest BCUT2D eigenvalue weighted by molar-refractivity contribution is 5.96. The zero-order chi connectivity index (χ0) is 24.0. The van der Waals surface area contributed by atoms with Crippen molar-refractivity contribution in [2.75, 3.05) is 34.8 Å². The molecule has 2 atom stereocenters. The Bertz CT molecular complexity index is 1090. The maximum atomic E-state index is 12.3. The molecule has 1 amide bonds. The van der Waals surface area contributed by atoms with Crippen LogP contribution in [-0.4, -0.2) is 63.2 Å². The van der Waals surface area contributed by atoms with Crippen LogP contribution in [0.3, 0.4) is 0 Å². The molecule has 1 aliphatic heterocycles. The van der Waals surface area contributed by atoms with Crippen molar-refractivity contribution >= 4 is 41.0 Å². The highest BCUT2D eigenvalue weighted by Crippen LogP contribution is 2.21. The lowest BCUT2D eigenvalue weighted by Gasteiger charge is -2.27. The Labute approximate surface area is 187 Å². The van der Waals surface area contributed by atoms with Gasteiger partial charge in [0.05, 0.1) is 0 Å². The molecule has 0 unspecified atom stereocenters. The predicted octanol–water partition coefficient (Wildman–Crippen LogP) is 0.108. The Kier molecular flexibility index (Phi) is 7.33. The van der Waals surface area contributed by atoms with Gasteiger partial charge in [-0.3, -0.25) is 19.4 Å². The maximum absolute atomic E-state index is 12.3. The zero-order valence-electron chi connectivity index (χ0n) is 17.6. The smallest absolute Gasteiger partial charge is 0.326 e. The van der Waals surface area contributed by atoms with Crippen molar-refractivity contribution in [3.05, 3.63) is 40.2 Å². The van der Waals surface area contributed by atoms with Crippen LogP contribution in [0.15, 0.2) is 29.1 Å². The first-order valence-corrected chi connectivity index (χ1v) is 10.2. The summed E-state index contributed by atoms with van der Waals surface area (Å²) in [5.74, 6) is -2.57. The average molecular weight is 459 g/mol. The summed E-state index contributed by atoms with van der Waals surface area (Å²) in [6.45, 7) is 1.15. The maximum Gasteiger partial charge on any atom is 0.326 e. The topological polar surface area (TPSA) is 212 Å². The minimum absolute atomic E-state index is 0.0136.